The molecule has 0 radical (unpaired) electrons. The first-order valence-corrected chi connectivity index (χ1v) is 7.13. The van der Waals surface area contributed by atoms with Gasteiger partial charge in [0.05, 0.1) is 18.2 Å². The summed E-state index contributed by atoms with van der Waals surface area (Å²) >= 11 is 0. The molecule has 2 rings (SSSR count). The molecule has 0 aromatic carbocycles. The van der Waals surface area contributed by atoms with Crippen molar-refractivity contribution in [3.05, 3.63) is 30.1 Å². The third kappa shape index (κ3) is 3.71. The third-order valence-electron chi connectivity index (χ3n) is 3.92. The van der Waals surface area contributed by atoms with Gasteiger partial charge in [-0.3, -0.25) is 9.78 Å². The lowest BCUT2D eigenvalue weighted by Crippen LogP contribution is -2.50. The number of carboxylic acids is 1. The van der Waals surface area contributed by atoms with Crippen LogP contribution in [0.2, 0.25) is 0 Å². The van der Waals surface area contributed by atoms with Gasteiger partial charge in [-0.15, -0.1) is 0 Å². The topological polar surface area (TPSA) is 73.7 Å². The van der Waals surface area contributed by atoms with Gasteiger partial charge in [0.25, 0.3) is 0 Å². The molecule has 1 aromatic heterocycles. The molecule has 1 fully saturated rings. The summed E-state index contributed by atoms with van der Waals surface area (Å²) in [6, 6.07) is 5.48. The number of piperidine rings is 1. The number of nitrogens with zero attached hydrogens (tertiary/aromatic N) is 3. The highest BCUT2D eigenvalue weighted by Gasteiger charge is 2.33. The van der Waals surface area contributed by atoms with E-state index in [0.29, 0.717) is 25.9 Å². The van der Waals surface area contributed by atoms with E-state index in [0.717, 1.165) is 5.69 Å². The second kappa shape index (κ2) is 6.56. The van der Waals surface area contributed by atoms with Gasteiger partial charge in [0.15, 0.2) is 0 Å². The predicted molar refractivity (Wildman–Crippen MR) is 77.6 cm³/mol. The summed E-state index contributed by atoms with van der Waals surface area (Å²) in [5.41, 5.74) is 0.835. The number of carbonyl (C=O) groups excluding carboxylic acids is 1. The van der Waals surface area contributed by atoms with Crippen molar-refractivity contribution in [2.45, 2.75) is 32.4 Å². The molecule has 1 aliphatic rings. The lowest BCUT2D eigenvalue weighted by Gasteiger charge is -2.38. The average Bonchev–Trinajstić information content (AvgIpc) is 2.47. The lowest BCUT2D eigenvalue weighted by atomic mass is 9.92. The molecule has 2 amide bonds. The normalized spacial score (nSPS) is 21.9. The van der Waals surface area contributed by atoms with Gasteiger partial charge in [-0.05, 0) is 31.9 Å². The second-order valence-electron chi connectivity index (χ2n) is 5.56. The highest BCUT2D eigenvalue weighted by Crippen LogP contribution is 2.24. The van der Waals surface area contributed by atoms with E-state index in [4.69, 9.17) is 5.11 Å². The Morgan fingerprint density at radius 3 is 2.81 bits per heavy atom. The average molecular weight is 291 g/mol. The molecule has 0 bridgehead atoms. The predicted octanol–water partition coefficient (Wildman–Crippen LogP) is 1.82. The minimum Gasteiger partial charge on any atom is -0.481 e. The molecule has 2 atom stereocenters. The summed E-state index contributed by atoms with van der Waals surface area (Å²) in [6.45, 7) is 2.84. The van der Waals surface area contributed by atoms with Gasteiger partial charge in [-0.2, -0.15) is 0 Å². The van der Waals surface area contributed by atoms with Gasteiger partial charge in [0, 0.05) is 25.8 Å². The van der Waals surface area contributed by atoms with Crippen LogP contribution in [0.1, 0.15) is 25.5 Å². The summed E-state index contributed by atoms with van der Waals surface area (Å²) in [7, 11) is 1.74. The van der Waals surface area contributed by atoms with E-state index in [1.807, 2.05) is 25.1 Å². The Labute approximate surface area is 124 Å². The molecule has 6 nitrogen and oxygen atoms in total. The molecule has 1 aliphatic heterocycles. The van der Waals surface area contributed by atoms with Crippen LogP contribution in [0, 0.1) is 5.92 Å². The highest BCUT2D eigenvalue weighted by atomic mass is 16.4. The van der Waals surface area contributed by atoms with Crippen molar-refractivity contribution in [3.63, 3.8) is 0 Å². The molecule has 6 heteroatoms. The summed E-state index contributed by atoms with van der Waals surface area (Å²) in [5.74, 6) is -1.11. The zero-order chi connectivity index (χ0) is 15.4. The Balaban J connectivity index is 1.95. The van der Waals surface area contributed by atoms with Crippen LogP contribution in [0.25, 0.3) is 0 Å². The van der Waals surface area contributed by atoms with Gasteiger partial charge in [-0.1, -0.05) is 6.07 Å². The van der Waals surface area contributed by atoms with Crippen LogP contribution in [0.5, 0.6) is 0 Å². The smallest absolute Gasteiger partial charge is 0.320 e. The Hall–Kier alpha value is -2.11. The molecule has 1 N–H and O–H groups in total. The van der Waals surface area contributed by atoms with Crippen LogP contribution in [0.4, 0.5) is 4.79 Å². The van der Waals surface area contributed by atoms with E-state index in [1.54, 1.807) is 23.0 Å². The molecular weight excluding hydrogens is 270 g/mol. The number of likely N-dealkylation sites (tertiary alicyclic amines) is 1. The van der Waals surface area contributed by atoms with Crippen molar-refractivity contribution in [3.8, 4) is 0 Å². The first-order valence-electron chi connectivity index (χ1n) is 7.13. The standard InChI is InChI=1S/C15H21N3O3/c1-11-9-12(14(19)20)6-8-18(11)15(21)17(2)10-13-5-3-4-7-16-13/h3-5,7,11-12H,6,8-10H2,1-2H3,(H,19,20). The Kier molecular flexibility index (Phi) is 4.77. The number of urea groups is 1. The van der Waals surface area contributed by atoms with E-state index in [9.17, 15) is 9.59 Å². The number of hydrogen-bond donors (Lipinski definition) is 1. The minimum atomic E-state index is -0.768. The summed E-state index contributed by atoms with van der Waals surface area (Å²) in [4.78, 5) is 31.1. The molecule has 1 aromatic rings. The Morgan fingerprint density at radius 1 is 1.48 bits per heavy atom. The molecular formula is C15H21N3O3. The number of carbonyl (C=O) groups is 2. The summed E-state index contributed by atoms with van der Waals surface area (Å²) in [6.07, 6.45) is 2.73. The number of hydrogen-bond acceptors (Lipinski definition) is 3. The van der Waals surface area contributed by atoms with Crippen molar-refractivity contribution in [2.75, 3.05) is 13.6 Å². The highest BCUT2D eigenvalue weighted by molar-refractivity contribution is 5.75. The second-order valence-corrected chi connectivity index (χ2v) is 5.56. The van der Waals surface area contributed by atoms with Gasteiger partial charge in [0.1, 0.15) is 0 Å². The van der Waals surface area contributed by atoms with Gasteiger partial charge < -0.3 is 14.9 Å². The van der Waals surface area contributed by atoms with Crippen LogP contribution >= 0.6 is 0 Å². The van der Waals surface area contributed by atoms with Crippen LogP contribution in [-0.4, -0.2) is 51.5 Å². The molecule has 21 heavy (non-hydrogen) atoms. The number of rotatable bonds is 3. The van der Waals surface area contributed by atoms with Crippen molar-refractivity contribution >= 4 is 12.0 Å². The maximum Gasteiger partial charge on any atom is 0.320 e. The van der Waals surface area contributed by atoms with Crippen molar-refractivity contribution < 1.29 is 14.7 Å². The largest absolute Gasteiger partial charge is 0.481 e. The fourth-order valence-corrected chi connectivity index (χ4v) is 2.70. The van der Waals surface area contributed by atoms with Crippen molar-refractivity contribution in [2.24, 2.45) is 5.92 Å². The maximum absolute atomic E-state index is 12.5. The molecule has 0 aliphatic carbocycles. The van der Waals surface area contributed by atoms with Gasteiger partial charge in [-0.25, -0.2) is 4.79 Å². The van der Waals surface area contributed by atoms with E-state index in [-0.39, 0.29) is 18.0 Å². The van der Waals surface area contributed by atoms with Crippen molar-refractivity contribution in [1.82, 2.24) is 14.8 Å². The summed E-state index contributed by atoms with van der Waals surface area (Å²) in [5, 5.41) is 9.06. The maximum atomic E-state index is 12.5. The van der Waals surface area contributed by atoms with Crippen LogP contribution in [0.15, 0.2) is 24.4 Å². The monoisotopic (exact) mass is 291 g/mol. The number of amides is 2. The van der Waals surface area contributed by atoms with Gasteiger partial charge >= 0.3 is 12.0 Å². The number of aromatic nitrogens is 1. The molecule has 0 spiro atoms. The SMILES string of the molecule is CC1CC(C(=O)O)CCN1C(=O)N(C)Cc1ccccn1. The van der Waals surface area contributed by atoms with E-state index in [2.05, 4.69) is 4.98 Å². The molecule has 114 valence electrons. The zero-order valence-corrected chi connectivity index (χ0v) is 12.4. The third-order valence-corrected chi connectivity index (χ3v) is 3.92. The molecule has 2 heterocycles. The Bertz CT molecular complexity index is 506. The first kappa shape index (κ1) is 15.3. The molecule has 0 saturated carbocycles. The van der Waals surface area contributed by atoms with E-state index < -0.39 is 5.97 Å². The van der Waals surface area contributed by atoms with Gasteiger partial charge in [0.2, 0.25) is 0 Å². The van der Waals surface area contributed by atoms with Crippen LogP contribution in [-0.2, 0) is 11.3 Å². The number of carboxylic acid groups (broad SMARTS) is 1. The summed E-state index contributed by atoms with van der Waals surface area (Å²) < 4.78 is 0. The lowest BCUT2D eigenvalue weighted by molar-refractivity contribution is -0.143. The van der Waals surface area contributed by atoms with E-state index in [1.165, 1.54) is 0 Å². The minimum absolute atomic E-state index is 0.0569. The zero-order valence-electron chi connectivity index (χ0n) is 12.4. The molecule has 1 saturated heterocycles. The van der Waals surface area contributed by atoms with Crippen molar-refractivity contribution in [1.29, 1.82) is 0 Å². The van der Waals surface area contributed by atoms with Crippen LogP contribution in [0.3, 0.4) is 0 Å². The fourth-order valence-electron chi connectivity index (χ4n) is 2.70. The Morgan fingerprint density at radius 2 is 2.24 bits per heavy atom. The van der Waals surface area contributed by atoms with E-state index >= 15 is 0 Å². The fraction of sp³-hybridized carbons (Fsp3) is 0.533. The van der Waals surface area contributed by atoms with Crippen LogP contribution < -0.4 is 0 Å². The first-order chi connectivity index (χ1) is 9.99. The number of pyridine rings is 1. The number of aliphatic carboxylic acids is 1. The molecule has 2 unspecified atom stereocenters. The quantitative estimate of drug-likeness (QED) is 0.922.